The van der Waals surface area contributed by atoms with Crippen LogP contribution in [0.3, 0.4) is 0 Å². The highest BCUT2D eigenvalue weighted by atomic mass is 32.2. The summed E-state index contributed by atoms with van der Waals surface area (Å²) in [4.78, 5) is 15.0. The minimum Gasteiger partial charge on any atom is -0.378 e. The molecule has 0 spiro atoms. The number of amides is 1. The van der Waals surface area contributed by atoms with E-state index in [1.807, 2.05) is 43.3 Å². The van der Waals surface area contributed by atoms with Crippen LogP contribution in [0.5, 0.6) is 0 Å². The fraction of sp³-hybridized carbons (Fsp3) is 0.421. The zero-order valence-electron chi connectivity index (χ0n) is 15.6. The molecular weight excluding hydrogens is 382 g/mol. The molecule has 146 valence electrons. The smallest absolute Gasteiger partial charge is 0.252 e. The molecule has 3 rings (SSSR count). The lowest BCUT2D eigenvalue weighted by Gasteiger charge is -2.25. The zero-order chi connectivity index (χ0) is 19.4. The normalized spacial score (nSPS) is 15.5. The van der Waals surface area contributed by atoms with Gasteiger partial charge in [-0.3, -0.25) is 4.79 Å². The fourth-order valence-corrected chi connectivity index (χ4v) is 6.06. The summed E-state index contributed by atoms with van der Waals surface area (Å²) in [5.41, 5.74) is 1.78. The van der Waals surface area contributed by atoms with Crippen LogP contribution >= 0.6 is 11.3 Å². The summed E-state index contributed by atoms with van der Waals surface area (Å²) >= 11 is 1.18. The van der Waals surface area contributed by atoms with Crippen molar-refractivity contribution in [3.8, 4) is 0 Å². The van der Waals surface area contributed by atoms with Gasteiger partial charge in [-0.25, -0.2) is 8.42 Å². The van der Waals surface area contributed by atoms with Gasteiger partial charge in [0.25, 0.3) is 10.0 Å². The molecule has 6 nitrogen and oxygen atoms in total. The number of benzene rings is 1. The number of rotatable bonds is 6. The van der Waals surface area contributed by atoms with Gasteiger partial charge in [0, 0.05) is 43.4 Å². The van der Waals surface area contributed by atoms with Gasteiger partial charge in [-0.2, -0.15) is 4.31 Å². The molecule has 0 unspecified atom stereocenters. The second kappa shape index (κ2) is 8.41. The van der Waals surface area contributed by atoms with Crippen LogP contribution in [0.25, 0.3) is 0 Å². The molecule has 2 aromatic rings. The van der Waals surface area contributed by atoms with E-state index in [9.17, 15) is 13.2 Å². The van der Waals surface area contributed by atoms with Gasteiger partial charge in [0.05, 0.1) is 6.42 Å². The third-order valence-electron chi connectivity index (χ3n) is 4.55. The highest BCUT2D eigenvalue weighted by molar-refractivity contribution is 7.91. The first-order chi connectivity index (χ1) is 12.9. The highest BCUT2D eigenvalue weighted by Crippen LogP contribution is 2.27. The van der Waals surface area contributed by atoms with Crippen molar-refractivity contribution < 1.29 is 13.2 Å². The molecule has 1 saturated heterocycles. The minimum atomic E-state index is -3.43. The second-order valence-corrected chi connectivity index (χ2v) is 10.2. The average Bonchev–Trinajstić information content (AvgIpc) is 3.12. The van der Waals surface area contributed by atoms with Crippen LogP contribution in [-0.4, -0.2) is 45.8 Å². The number of nitrogens with zero attached hydrogens (tertiary/aromatic N) is 2. The van der Waals surface area contributed by atoms with Crippen LogP contribution in [0.4, 0.5) is 11.4 Å². The number of nitrogens with one attached hydrogen (secondary N) is 1. The number of thiophene rings is 1. The summed E-state index contributed by atoms with van der Waals surface area (Å²) < 4.78 is 27.3. The number of hydrogen-bond acceptors (Lipinski definition) is 5. The summed E-state index contributed by atoms with van der Waals surface area (Å²) in [7, 11) is 0.483. The molecule has 1 aliphatic heterocycles. The van der Waals surface area contributed by atoms with Gasteiger partial charge in [-0.05, 0) is 49.2 Å². The van der Waals surface area contributed by atoms with Crippen molar-refractivity contribution in [2.24, 2.45) is 0 Å². The van der Waals surface area contributed by atoms with E-state index in [4.69, 9.17) is 0 Å². The Bertz CT molecular complexity index is 883. The van der Waals surface area contributed by atoms with E-state index in [2.05, 4.69) is 5.32 Å². The Balaban J connectivity index is 1.62. The quantitative estimate of drug-likeness (QED) is 0.799. The Hall–Kier alpha value is -1.90. The van der Waals surface area contributed by atoms with Crippen molar-refractivity contribution >= 4 is 38.6 Å². The van der Waals surface area contributed by atoms with Crippen LogP contribution in [0.2, 0.25) is 0 Å². The van der Waals surface area contributed by atoms with Crippen molar-refractivity contribution in [1.29, 1.82) is 0 Å². The van der Waals surface area contributed by atoms with Gasteiger partial charge in [0.15, 0.2) is 0 Å². The Morgan fingerprint density at radius 3 is 2.37 bits per heavy atom. The summed E-state index contributed by atoms with van der Waals surface area (Å²) in [5, 5.41) is 2.86. The lowest BCUT2D eigenvalue weighted by atomic mass is 10.2. The number of anilines is 2. The fourth-order valence-electron chi connectivity index (χ4n) is 3.03. The molecule has 0 bridgehead atoms. The van der Waals surface area contributed by atoms with Gasteiger partial charge in [0.1, 0.15) is 4.21 Å². The third-order valence-corrected chi connectivity index (χ3v) is 8.00. The standard InChI is InChI=1S/C19H25N3O3S2/c1-21(2)16-8-6-15(7-9-16)20-18(23)14-17-10-11-19(26-17)27(24,25)22-12-4-3-5-13-22/h6-11H,3-5,12-14H2,1-2H3,(H,20,23). The van der Waals surface area contributed by atoms with E-state index < -0.39 is 10.0 Å². The number of hydrogen-bond donors (Lipinski definition) is 1. The second-order valence-electron chi connectivity index (χ2n) is 6.85. The predicted molar refractivity (Wildman–Crippen MR) is 110 cm³/mol. The SMILES string of the molecule is CN(C)c1ccc(NC(=O)Cc2ccc(S(=O)(=O)N3CCCCC3)s2)cc1. The molecule has 1 fully saturated rings. The highest BCUT2D eigenvalue weighted by Gasteiger charge is 2.27. The van der Waals surface area contributed by atoms with Crippen molar-refractivity contribution in [2.75, 3.05) is 37.4 Å². The number of carbonyl (C=O) groups excluding carboxylic acids is 1. The minimum absolute atomic E-state index is 0.156. The van der Waals surface area contributed by atoms with E-state index in [0.717, 1.165) is 35.5 Å². The molecular formula is C19H25N3O3S2. The van der Waals surface area contributed by atoms with Gasteiger partial charge in [0.2, 0.25) is 5.91 Å². The number of piperidine rings is 1. The summed E-state index contributed by atoms with van der Waals surface area (Å²) in [6, 6.07) is 10.9. The van der Waals surface area contributed by atoms with Crippen LogP contribution in [-0.2, 0) is 21.2 Å². The molecule has 27 heavy (non-hydrogen) atoms. The van der Waals surface area contributed by atoms with Gasteiger partial charge < -0.3 is 10.2 Å². The first-order valence-electron chi connectivity index (χ1n) is 9.02. The maximum Gasteiger partial charge on any atom is 0.252 e. The summed E-state index contributed by atoms with van der Waals surface area (Å²) in [6.45, 7) is 1.16. The Labute approximate surface area is 164 Å². The lowest BCUT2D eigenvalue weighted by Crippen LogP contribution is -2.35. The van der Waals surface area contributed by atoms with Gasteiger partial charge in [-0.1, -0.05) is 6.42 Å². The lowest BCUT2D eigenvalue weighted by molar-refractivity contribution is -0.115. The molecule has 8 heteroatoms. The van der Waals surface area contributed by atoms with Crippen molar-refractivity contribution in [2.45, 2.75) is 29.9 Å². The largest absolute Gasteiger partial charge is 0.378 e. The molecule has 0 saturated carbocycles. The Morgan fingerprint density at radius 1 is 1.07 bits per heavy atom. The molecule has 2 heterocycles. The van der Waals surface area contributed by atoms with Gasteiger partial charge in [-0.15, -0.1) is 11.3 Å². The Morgan fingerprint density at radius 2 is 1.74 bits per heavy atom. The van der Waals surface area contributed by atoms with Crippen molar-refractivity contribution in [3.05, 3.63) is 41.3 Å². The maximum absolute atomic E-state index is 12.7. The third kappa shape index (κ3) is 4.88. The van der Waals surface area contributed by atoms with Crippen LogP contribution in [0.15, 0.2) is 40.6 Å². The van der Waals surface area contributed by atoms with Crippen molar-refractivity contribution in [1.82, 2.24) is 4.31 Å². The first kappa shape index (κ1) is 19.9. The zero-order valence-corrected chi connectivity index (χ0v) is 17.3. The van der Waals surface area contributed by atoms with Crippen LogP contribution < -0.4 is 10.2 Å². The molecule has 0 atom stereocenters. The number of carbonyl (C=O) groups is 1. The molecule has 1 N–H and O–H groups in total. The van der Waals surface area contributed by atoms with Gasteiger partial charge >= 0.3 is 0 Å². The molecule has 1 aromatic carbocycles. The average molecular weight is 408 g/mol. The van der Waals surface area contributed by atoms with E-state index in [0.29, 0.717) is 17.3 Å². The van der Waals surface area contributed by atoms with E-state index in [-0.39, 0.29) is 12.3 Å². The molecule has 1 aliphatic rings. The first-order valence-corrected chi connectivity index (χ1v) is 11.3. The van der Waals surface area contributed by atoms with E-state index in [1.165, 1.54) is 11.3 Å². The van der Waals surface area contributed by atoms with E-state index >= 15 is 0 Å². The predicted octanol–water partition coefficient (Wildman–Crippen LogP) is 3.17. The van der Waals surface area contributed by atoms with Crippen LogP contribution in [0, 0.1) is 0 Å². The van der Waals surface area contributed by atoms with E-state index in [1.54, 1.807) is 16.4 Å². The Kier molecular flexibility index (Phi) is 6.18. The molecule has 1 aromatic heterocycles. The summed E-state index contributed by atoms with van der Waals surface area (Å²) in [6.07, 6.45) is 3.06. The topological polar surface area (TPSA) is 69.7 Å². The van der Waals surface area contributed by atoms with Crippen molar-refractivity contribution in [3.63, 3.8) is 0 Å². The molecule has 0 aliphatic carbocycles. The number of sulfonamides is 1. The summed E-state index contributed by atoms with van der Waals surface area (Å²) in [5.74, 6) is -0.156. The molecule has 0 radical (unpaired) electrons. The monoisotopic (exact) mass is 407 g/mol. The maximum atomic E-state index is 12.7. The molecule has 1 amide bonds. The van der Waals surface area contributed by atoms with Crippen LogP contribution in [0.1, 0.15) is 24.1 Å².